The first-order valence-corrected chi connectivity index (χ1v) is 14.1. The molecule has 0 aromatic heterocycles. The molecule has 0 fully saturated rings. The van der Waals surface area contributed by atoms with Crippen LogP contribution in [0.3, 0.4) is 0 Å². The fourth-order valence-electron chi connectivity index (χ4n) is 4.88. The van der Waals surface area contributed by atoms with E-state index in [4.69, 9.17) is 9.98 Å². The molecular weight excluding hydrogens is 481 g/mol. The van der Waals surface area contributed by atoms with Crippen LogP contribution in [0, 0.1) is 19.7 Å². The molecule has 4 heteroatoms. The van der Waals surface area contributed by atoms with Crippen LogP contribution in [-0.2, 0) is 6.42 Å². The topological polar surface area (TPSA) is 36.8 Å². The second-order valence-corrected chi connectivity index (χ2v) is 10.7. The third-order valence-corrected chi connectivity index (χ3v) is 7.18. The van der Waals surface area contributed by atoms with Crippen LogP contribution < -0.4 is 5.32 Å². The fraction of sp³-hybridized carbons (Fsp3) is 0.371. The van der Waals surface area contributed by atoms with Gasteiger partial charge in [-0.25, -0.2) is 9.38 Å². The van der Waals surface area contributed by atoms with Crippen molar-refractivity contribution in [3.05, 3.63) is 106 Å². The minimum absolute atomic E-state index is 0.249. The summed E-state index contributed by atoms with van der Waals surface area (Å²) in [5, 5.41) is 3.43. The van der Waals surface area contributed by atoms with Gasteiger partial charge in [-0.15, -0.1) is 6.58 Å². The number of hydrogen-bond donors (Lipinski definition) is 1. The molecule has 1 unspecified atom stereocenters. The molecule has 0 aliphatic heterocycles. The summed E-state index contributed by atoms with van der Waals surface area (Å²) in [5.41, 5.74) is 10.4. The maximum atomic E-state index is 13.5. The lowest BCUT2D eigenvalue weighted by atomic mass is 9.88. The Balaban J connectivity index is 1.87. The number of amidine groups is 1. The van der Waals surface area contributed by atoms with Gasteiger partial charge in [-0.1, -0.05) is 55.3 Å². The molecule has 3 aromatic rings. The molecule has 0 saturated heterocycles. The van der Waals surface area contributed by atoms with E-state index in [0.29, 0.717) is 5.92 Å². The van der Waals surface area contributed by atoms with Crippen LogP contribution in [0.2, 0.25) is 0 Å². The lowest BCUT2D eigenvalue weighted by molar-refractivity contribution is 0.628. The van der Waals surface area contributed by atoms with Crippen molar-refractivity contribution >= 4 is 22.9 Å². The van der Waals surface area contributed by atoms with Crippen molar-refractivity contribution in [2.45, 2.75) is 79.1 Å². The first-order chi connectivity index (χ1) is 18.7. The lowest BCUT2D eigenvalue weighted by Crippen LogP contribution is -2.12. The van der Waals surface area contributed by atoms with E-state index in [1.54, 1.807) is 12.1 Å². The summed E-state index contributed by atoms with van der Waals surface area (Å²) in [6.07, 6.45) is 5.75. The van der Waals surface area contributed by atoms with Gasteiger partial charge in [0.25, 0.3) is 0 Å². The Morgan fingerprint density at radius 2 is 1.69 bits per heavy atom. The summed E-state index contributed by atoms with van der Waals surface area (Å²) in [5.74, 6) is 0.983. The third-order valence-electron chi connectivity index (χ3n) is 7.18. The second kappa shape index (κ2) is 14.6. The van der Waals surface area contributed by atoms with Gasteiger partial charge >= 0.3 is 0 Å². The van der Waals surface area contributed by atoms with Gasteiger partial charge in [-0.3, -0.25) is 4.99 Å². The van der Waals surface area contributed by atoms with E-state index in [0.717, 1.165) is 72.6 Å². The lowest BCUT2D eigenvalue weighted by Gasteiger charge is -2.18. The van der Waals surface area contributed by atoms with E-state index in [1.165, 1.54) is 34.4 Å². The molecule has 206 valence electrons. The minimum atomic E-state index is -0.249. The standard InChI is InChI=1S/C35H44FN3/c1-8-28-21-25(4)13-20-32(28)27(6)22-34(37-7)29-15-14-26(5)33(23-29)39-35(12-10-9-11-24(2)3)38-31-18-16-30(36)17-19-31/h13-21,23,27H,2,8-12,22H2,1,3-7H3,(H,38,39)/b37-34+. The molecule has 1 atom stereocenters. The maximum absolute atomic E-state index is 13.5. The number of anilines is 1. The van der Waals surface area contributed by atoms with Crippen molar-refractivity contribution in [3.63, 3.8) is 0 Å². The van der Waals surface area contributed by atoms with Crippen LogP contribution >= 0.6 is 0 Å². The highest BCUT2D eigenvalue weighted by molar-refractivity contribution is 6.02. The average molecular weight is 526 g/mol. The Hall–Kier alpha value is -3.53. The van der Waals surface area contributed by atoms with Gasteiger partial charge in [0.05, 0.1) is 5.69 Å². The summed E-state index contributed by atoms with van der Waals surface area (Å²) in [7, 11) is 1.88. The zero-order chi connectivity index (χ0) is 28.4. The van der Waals surface area contributed by atoms with E-state index < -0.39 is 0 Å². The van der Waals surface area contributed by atoms with Gasteiger partial charge in [-0.05, 0) is 111 Å². The number of aliphatic imine (C=N–C) groups is 2. The van der Waals surface area contributed by atoms with E-state index in [1.807, 2.05) is 7.05 Å². The SMILES string of the molecule is C=C(C)CCCC/C(=N/c1cc(/C(CC(C)c2ccc(C)cc2CC)=N/C)ccc1C)Nc1ccc(F)cc1. The van der Waals surface area contributed by atoms with Gasteiger partial charge in [0.2, 0.25) is 0 Å². The molecule has 0 bridgehead atoms. The van der Waals surface area contributed by atoms with Crippen molar-refractivity contribution in [2.24, 2.45) is 9.98 Å². The molecule has 0 heterocycles. The van der Waals surface area contributed by atoms with Gasteiger partial charge in [0.1, 0.15) is 11.7 Å². The number of allylic oxidation sites excluding steroid dienone is 1. The van der Waals surface area contributed by atoms with Crippen molar-refractivity contribution in [1.29, 1.82) is 0 Å². The van der Waals surface area contributed by atoms with Gasteiger partial charge < -0.3 is 5.32 Å². The van der Waals surface area contributed by atoms with Crippen molar-refractivity contribution in [3.8, 4) is 0 Å². The number of rotatable bonds is 12. The number of nitrogens with one attached hydrogen (secondary N) is 1. The maximum Gasteiger partial charge on any atom is 0.123 e. The Labute approximate surface area is 235 Å². The fourth-order valence-corrected chi connectivity index (χ4v) is 4.88. The zero-order valence-electron chi connectivity index (χ0n) is 24.6. The number of aryl methyl sites for hydroxylation is 3. The number of halogens is 1. The van der Waals surface area contributed by atoms with Crippen molar-refractivity contribution in [1.82, 2.24) is 0 Å². The predicted molar refractivity (Wildman–Crippen MR) is 168 cm³/mol. The molecule has 3 nitrogen and oxygen atoms in total. The van der Waals surface area contributed by atoms with Crippen LogP contribution in [0.1, 0.15) is 86.6 Å². The van der Waals surface area contributed by atoms with E-state index >= 15 is 0 Å². The van der Waals surface area contributed by atoms with Crippen LogP contribution in [-0.4, -0.2) is 18.6 Å². The molecule has 0 aliphatic rings. The first kappa shape index (κ1) is 30.0. The molecular formula is C35H44FN3. The summed E-state index contributed by atoms with van der Waals surface area (Å²) in [4.78, 5) is 9.79. The van der Waals surface area contributed by atoms with Crippen molar-refractivity contribution < 1.29 is 4.39 Å². The predicted octanol–water partition coefficient (Wildman–Crippen LogP) is 9.90. The Morgan fingerprint density at radius 1 is 0.974 bits per heavy atom. The van der Waals surface area contributed by atoms with Crippen LogP contribution in [0.25, 0.3) is 0 Å². The van der Waals surface area contributed by atoms with Gasteiger partial charge in [0, 0.05) is 24.9 Å². The Bertz CT molecular complexity index is 1320. The molecule has 0 saturated carbocycles. The molecule has 0 radical (unpaired) electrons. The molecule has 39 heavy (non-hydrogen) atoms. The molecule has 0 amide bonds. The van der Waals surface area contributed by atoms with Crippen molar-refractivity contribution in [2.75, 3.05) is 12.4 Å². The van der Waals surface area contributed by atoms with Gasteiger partial charge in [-0.2, -0.15) is 0 Å². The average Bonchev–Trinajstić information content (AvgIpc) is 2.91. The molecule has 0 aliphatic carbocycles. The highest BCUT2D eigenvalue weighted by Gasteiger charge is 2.15. The number of hydrogen-bond acceptors (Lipinski definition) is 2. The van der Waals surface area contributed by atoms with Crippen LogP contribution in [0.4, 0.5) is 15.8 Å². The Kier molecular flexibility index (Phi) is 11.2. The normalized spacial score (nSPS) is 12.9. The summed E-state index contributed by atoms with van der Waals surface area (Å²) < 4.78 is 13.5. The van der Waals surface area contributed by atoms with E-state index in [-0.39, 0.29) is 5.82 Å². The molecule has 3 rings (SSSR count). The molecule has 3 aromatic carbocycles. The summed E-state index contributed by atoms with van der Waals surface area (Å²) in [6, 6.07) is 19.7. The minimum Gasteiger partial charge on any atom is -0.344 e. The number of nitrogens with zero attached hydrogens (tertiary/aromatic N) is 2. The summed E-state index contributed by atoms with van der Waals surface area (Å²) >= 11 is 0. The van der Waals surface area contributed by atoms with Crippen LogP contribution in [0.5, 0.6) is 0 Å². The first-order valence-electron chi connectivity index (χ1n) is 14.1. The highest BCUT2D eigenvalue weighted by atomic mass is 19.1. The highest BCUT2D eigenvalue weighted by Crippen LogP contribution is 2.29. The summed E-state index contributed by atoms with van der Waals surface area (Å²) in [6.45, 7) is 14.8. The smallest absolute Gasteiger partial charge is 0.123 e. The second-order valence-electron chi connectivity index (χ2n) is 10.7. The zero-order valence-corrected chi connectivity index (χ0v) is 24.6. The number of benzene rings is 3. The quantitative estimate of drug-likeness (QED) is 0.109. The largest absolute Gasteiger partial charge is 0.344 e. The van der Waals surface area contributed by atoms with Gasteiger partial charge in [0.15, 0.2) is 0 Å². The molecule has 0 spiro atoms. The van der Waals surface area contributed by atoms with E-state index in [9.17, 15) is 4.39 Å². The Morgan fingerprint density at radius 3 is 2.36 bits per heavy atom. The molecule has 1 N–H and O–H groups in total. The number of unbranched alkanes of at least 4 members (excludes halogenated alkanes) is 1. The van der Waals surface area contributed by atoms with E-state index in [2.05, 4.69) is 82.9 Å². The third kappa shape index (κ3) is 9.02. The monoisotopic (exact) mass is 525 g/mol. The van der Waals surface area contributed by atoms with Crippen LogP contribution in [0.15, 0.2) is 82.8 Å².